The molecule has 0 amide bonds. The maximum absolute atomic E-state index is 9.63. The van der Waals surface area contributed by atoms with Crippen LogP contribution in [0.25, 0.3) is 0 Å². The molecule has 0 saturated carbocycles. The summed E-state index contributed by atoms with van der Waals surface area (Å²) >= 11 is 0. The van der Waals surface area contributed by atoms with E-state index >= 15 is 0 Å². The van der Waals surface area contributed by atoms with Crippen LogP contribution in [0.1, 0.15) is 0 Å². The van der Waals surface area contributed by atoms with Gasteiger partial charge in [0.1, 0.15) is 0 Å². The predicted molar refractivity (Wildman–Crippen MR) is 45.1 cm³/mol. The van der Waals surface area contributed by atoms with E-state index in [0.717, 1.165) is 6.26 Å². The molecule has 0 atom stereocenters. The Bertz CT molecular complexity index is 194. The first-order valence-electron chi connectivity index (χ1n) is 2.20. The Morgan fingerprint density at radius 3 is 1.23 bits per heavy atom. The normalized spacial score (nSPS) is 10.5. The summed E-state index contributed by atoms with van der Waals surface area (Å²) in [5.74, 6) is 0. The summed E-state index contributed by atoms with van der Waals surface area (Å²) in [6.45, 7) is 2.92. The standard InChI is InChI=1S/C2H4O.Na.H4O7P2.H/c1-2-3;;1-8(2,3)7-9(4,5)6;/h2-3H,1H2;;(H2,1,2,3)(H2,4,5,6);. The molecule has 76 valence electrons. The van der Waals surface area contributed by atoms with Crippen LogP contribution in [0.5, 0.6) is 0 Å². The fourth-order valence-electron chi connectivity index (χ4n) is 0.139. The first-order valence-corrected chi connectivity index (χ1v) is 5.26. The second-order valence-electron chi connectivity index (χ2n) is 1.25. The Morgan fingerprint density at radius 1 is 1.08 bits per heavy atom. The second-order valence-corrected chi connectivity index (χ2v) is 3.86. The minimum atomic E-state index is -5.05. The van der Waals surface area contributed by atoms with Crippen LogP contribution in [0.15, 0.2) is 12.8 Å². The molecule has 0 fully saturated rings. The number of rotatable bonds is 2. The van der Waals surface area contributed by atoms with Gasteiger partial charge in [-0.05, 0) is 0 Å². The van der Waals surface area contributed by atoms with Crippen LogP contribution in [0.2, 0.25) is 0 Å². The molecule has 0 aliphatic rings. The average molecular weight is 246 g/mol. The van der Waals surface area contributed by atoms with Crippen molar-refractivity contribution >= 4 is 45.2 Å². The van der Waals surface area contributed by atoms with Crippen molar-refractivity contribution in [3.05, 3.63) is 12.8 Å². The van der Waals surface area contributed by atoms with Gasteiger partial charge in [0.25, 0.3) is 0 Å². The Balaban J connectivity index is -0.000000220. The first-order chi connectivity index (χ1) is 5.12. The Hall–Kier alpha value is 0.800. The van der Waals surface area contributed by atoms with Crippen LogP contribution in [-0.2, 0) is 13.4 Å². The number of aliphatic hydroxyl groups excluding tert-OH is 1. The fourth-order valence-corrected chi connectivity index (χ4v) is 1.25. The van der Waals surface area contributed by atoms with Gasteiger partial charge in [0.15, 0.2) is 0 Å². The summed E-state index contributed by atoms with van der Waals surface area (Å²) in [5.41, 5.74) is 0. The molecule has 0 aliphatic carbocycles. The number of hydrogen-bond donors (Lipinski definition) is 5. The van der Waals surface area contributed by atoms with Crippen molar-refractivity contribution in [1.82, 2.24) is 0 Å². The molecular weight excluding hydrogens is 237 g/mol. The van der Waals surface area contributed by atoms with Crippen molar-refractivity contribution < 1.29 is 38.1 Å². The van der Waals surface area contributed by atoms with Crippen LogP contribution in [0, 0.1) is 0 Å². The van der Waals surface area contributed by atoms with E-state index in [9.17, 15) is 9.13 Å². The molecule has 0 rings (SSSR count). The molecule has 13 heavy (non-hydrogen) atoms. The summed E-state index contributed by atoms with van der Waals surface area (Å²) < 4.78 is 22.2. The van der Waals surface area contributed by atoms with E-state index in [1.165, 1.54) is 0 Å². The topological polar surface area (TPSA) is 145 Å². The van der Waals surface area contributed by atoms with Gasteiger partial charge in [0.05, 0.1) is 6.26 Å². The number of phosphoric acid groups is 2. The zero-order valence-electron chi connectivity index (χ0n) is 5.64. The Labute approximate surface area is 96.0 Å². The summed E-state index contributed by atoms with van der Waals surface area (Å²) in [5, 5.41) is 7.33. The van der Waals surface area contributed by atoms with E-state index in [-0.39, 0.29) is 29.6 Å². The van der Waals surface area contributed by atoms with E-state index in [1.54, 1.807) is 0 Å². The van der Waals surface area contributed by atoms with Crippen LogP contribution in [-0.4, -0.2) is 54.2 Å². The number of aliphatic hydroxyl groups is 1. The summed E-state index contributed by atoms with van der Waals surface area (Å²) in [7, 11) is -10.1. The molecule has 8 nitrogen and oxygen atoms in total. The van der Waals surface area contributed by atoms with E-state index in [1.807, 2.05) is 0 Å². The van der Waals surface area contributed by atoms with Crippen LogP contribution in [0.4, 0.5) is 0 Å². The van der Waals surface area contributed by atoms with E-state index < -0.39 is 15.6 Å². The van der Waals surface area contributed by atoms with Gasteiger partial charge in [-0.3, -0.25) is 0 Å². The predicted octanol–water partition coefficient (Wildman–Crippen LogP) is -0.772. The van der Waals surface area contributed by atoms with E-state index in [0.29, 0.717) is 0 Å². The van der Waals surface area contributed by atoms with Gasteiger partial charge in [0, 0.05) is 0 Å². The zero-order valence-corrected chi connectivity index (χ0v) is 7.43. The molecule has 11 heteroatoms. The summed E-state index contributed by atoms with van der Waals surface area (Å²) in [6.07, 6.45) is 0.750. The monoisotopic (exact) mass is 246 g/mol. The molecule has 0 bridgehead atoms. The van der Waals surface area contributed by atoms with Crippen LogP contribution in [0.3, 0.4) is 0 Å². The van der Waals surface area contributed by atoms with Crippen molar-refractivity contribution in [2.45, 2.75) is 0 Å². The fraction of sp³-hybridized carbons (Fsp3) is 0. The molecule has 0 aromatic rings. The zero-order chi connectivity index (χ0) is 10.4. The summed E-state index contributed by atoms with van der Waals surface area (Å²) in [6, 6.07) is 0. The third-order valence-electron chi connectivity index (χ3n) is 0.213. The quantitative estimate of drug-likeness (QED) is 0.242. The van der Waals surface area contributed by atoms with Gasteiger partial charge in [0.2, 0.25) is 0 Å². The molecule has 5 N–H and O–H groups in total. The molecule has 0 spiro atoms. The second kappa shape index (κ2) is 8.14. The molecular formula is C2H9NaO8P2. The molecule has 0 aromatic carbocycles. The molecule has 0 aromatic heterocycles. The Morgan fingerprint density at radius 2 is 1.23 bits per heavy atom. The van der Waals surface area contributed by atoms with Gasteiger partial charge >= 0.3 is 45.2 Å². The molecule has 0 saturated heterocycles. The maximum atomic E-state index is 9.63. The minimum absolute atomic E-state index is 0. The van der Waals surface area contributed by atoms with Gasteiger partial charge in [-0.1, -0.05) is 6.58 Å². The third-order valence-corrected chi connectivity index (χ3v) is 1.91. The molecule has 0 aliphatic heterocycles. The first kappa shape index (κ1) is 19.4. The Kier molecular flexibility index (Phi) is 12.1. The van der Waals surface area contributed by atoms with Crippen molar-refractivity contribution in [3.63, 3.8) is 0 Å². The van der Waals surface area contributed by atoms with Crippen LogP contribution < -0.4 is 0 Å². The van der Waals surface area contributed by atoms with Gasteiger partial charge in [-0.15, -0.1) is 0 Å². The molecule has 0 radical (unpaired) electrons. The summed E-state index contributed by atoms with van der Waals surface area (Å²) in [4.78, 5) is 31.0. The molecule has 0 unspecified atom stereocenters. The van der Waals surface area contributed by atoms with Crippen molar-refractivity contribution in [3.8, 4) is 0 Å². The van der Waals surface area contributed by atoms with Gasteiger partial charge < -0.3 is 24.7 Å². The third kappa shape index (κ3) is 32.3. The van der Waals surface area contributed by atoms with Gasteiger partial charge in [-0.2, -0.15) is 4.31 Å². The van der Waals surface area contributed by atoms with Crippen molar-refractivity contribution in [2.75, 3.05) is 0 Å². The van der Waals surface area contributed by atoms with E-state index in [2.05, 4.69) is 10.9 Å². The van der Waals surface area contributed by atoms with Crippen molar-refractivity contribution in [1.29, 1.82) is 0 Å². The van der Waals surface area contributed by atoms with Gasteiger partial charge in [-0.25, -0.2) is 9.13 Å². The average Bonchev–Trinajstić information content (AvgIpc) is 1.53. The van der Waals surface area contributed by atoms with Crippen molar-refractivity contribution in [2.24, 2.45) is 0 Å². The SMILES string of the molecule is C=CO.O=P(O)(O)OP(=O)(O)O.[NaH]. The molecule has 0 heterocycles. The number of hydrogen-bond acceptors (Lipinski definition) is 4. The van der Waals surface area contributed by atoms with Crippen LogP contribution >= 0.6 is 15.6 Å². The van der Waals surface area contributed by atoms with E-state index in [4.69, 9.17) is 24.7 Å².